The van der Waals surface area contributed by atoms with Crippen molar-refractivity contribution in [2.75, 3.05) is 13.1 Å². The van der Waals surface area contributed by atoms with Crippen LogP contribution in [-0.2, 0) is 11.3 Å². The average molecular weight is 454 g/mol. The molecule has 2 unspecified atom stereocenters. The zero-order valence-electron chi connectivity index (χ0n) is 17.9. The van der Waals surface area contributed by atoms with E-state index in [4.69, 9.17) is 4.74 Å². The van der Waals surface area contributed by atoms with Crippen LogP contribution in [0.1, 0.15) is 39.4 Å². The lowest BCUT2D eigenvalue weighted by molar-refractivity contribution is -0.0586. The van der Waals surface area contributed by atoms with Gasteiger partial charge in [0.05, 0.1) is 18.4 Å². The highest BCUT2D eigenvalue weighted by Crippen LogP contribution is 2.27. The number of benzene rings is 2. The van der Waals surface area contributed by atoms with Crippen molar-refractivity contribution in [1.29, 1.82) is 0 Å². The molecule has 1 aliphatic heterocycles. The molecule has 0 bridgehead atoms. The van der Waals surface area contributed by atoms with Crippen LogP contribution in [0.15, 0.2) is 54.7 Å². The first kappa shape index (κ1) is 22.1. The van der Waals surface area contributed by atoms with Crippen molar-refractivity contribution >= 4 is 23.2 Å². The van der Waals surface area contributed by atoms with E-state index >= 15 is 0 Å². The van der Waals surface area contributed by atoms with Crippen LogP contribution in [0, 0.1) is 5.82 Å². The Hall–Kier alpha value is -3.10. The minimum absolute atomic E-state index is 0.0165. The molecular formula is C24H24FN3O3S. The SMILES string of the molecule is CC1CN(C(=O)c2ccc(CNC(=O)c3cnc(-c4ccccc4F)s3)cc2)CC(C)O1. The number of morpholine rings is 1. The molecule has 0 spiro atoms. The Balaban J connectivity index is 1.35. The molecule has 2 atom stereocenters. The number of nitrogens with one attached hydrogen (secondary N) is 1. The molecule has 1 saturated heterocycles. The summed E-state index contributed by atoms with van der Waals surface area (Å²) in [6, 6.07) is 13.6. The van der Waals surface area contributed by atoms with Crippen molar-refractivity contribution in [3.05, 3.63) is 76.5 Å². The van der Waals surface area contributed by atoms with E-state index in [1.54, 1.807) is 30.3 Å². The van der Waals surface area contributed by atoms with Gasteiger partial charge in [0.15, 0.2) is 0 Å². The molecule has 2 amide bonds. The maximum atomic E-state index is 13.9. The summed E-state index contributed by atoms with van der Waals surface area (Å²) in [5.41, 5.74) is 1.86. The van der Waals surface area contributed by atoms with Gasteiger partial charge in [-0.1, -0.05) is 24.3 Å². The van der Waals surface area contributed by atoms with Gasteiger partial charge in [-0.2, -0.15) is 0 Å². The summed E-state index contributed by atoms with van der Waals surface area (Å²) in [6.07, 6.45) is 1.49. The minimum atomic E-state index is -0.371. The topological polar surface area (TPSA) is 71.5 Å². The molecule has 32 heavy (non-hydrogen) atoms. The van der Waals surface area contributed by atoms with Crippen LogP contribution in [0.25, 0.3) is 10.6 Å². The number of hydrogen-bond donors (Lipinski definition) is 1. The van der Waals surface area contributed by atoms with Gasteiger partial charge in [0.1, 0.15) is 15.7 Å². The Morgan fingerprint density at radius 2 is 1.81 bits per heavy atom. The van der Waals surface area contributed by atoms with Crippen molar-refractivity contribution < 1.29 is 18.7 Å². The minimum Gasteiger partial charge on any atom is -0.372 e. The Labute approximate surface area is 190 Å². The number of thiazole rings is 1. The van der Waals surface area contributed by atoms with Crippen molar-refractivity contribution in [3.8, 4) is 10.6 Å². The average Bonchev–Trinajstić information content (AvgIpc) is 3.27. The van der Waals surface area contributed by atoms with Crippen LogP contribution in [0.2, 0.25) is 0 Å². The molecule has 4 rings (SSSR count). The molecule has 1 aliphatic rings. The molecule has 2 heterocycles. The van der Waals surface area contributed by atoms with Crippen LogP contribution in [0.5, 0.6) is 0 Å². The number of amides is 2. The van der Waals surface area contributed by atoms with E-state index < -0.39 is 0 Å². The van der Waals surface area contributed by atoms with E-state index in [0.29, 0.717) is 40.6 Å². The number of nitrogens with zero attached hydrogens (tertiary/aromatic N) is 2. The third kappa shape index (κ3) is 5.03. The number of ether oxygens (including phenoxy) is 1. The molecule has 3 aromatic rings. The predicted octanol–water partition coefficient (Wildman–Crippen LogP) is 4.13. The summed E-state index contributed by atoms with van der Waals surface area (Å²) in [4.78, 5) is 31.6. The molecule has 2 aromatic carbocycles. The highest BCUT2D eigenvalue weighted by molar-refractivity contribution is 7.16. The van der Waals surface area contributed by atoms with E-state index in [-0.39, 0.29) is 29.8 Å². The highest BCUT2D eigenvalue weighted by atomic mass is 32.1. The fourth-order valence-corrected chi connectivity index (χ4v) is 4.56. The van der Waals surface area contributed by atoms with E-state index in [1.807, 2.05) is 30.9 Å². The molecule has 1 aromatic heterocycles. The second-order valence-corrected chi connectivity index (χ2v) is 8.89. The Morgan fingerprint density at radius 1 is 1.12 bits per heavy atom. The van der Waals surface area contributed by atoms with Crippen LogP contribution in [0.3, 0.4) is 0 Å². The maximum absolute atomic E-state index is 13.9. The maximum Gasteiger partial charge on any atom is 0.263 e. The van der Waals surface area contributed by atoms with Gasteiger partial charge in [-0.3, -0.25) is 9.59 Å². The van der Waals surface area contributed by atoms with Crippen LogP contribution >= 0.6 is 11.3 Å². The zero-order chi connectivity index (χ0) is 22.7. The Morgan fingerprint density at radius 3 is 2.50 bits per heavy atom. The lowest BCUT2D eigenvalue weighted by Gasteiger charge is -2.35. The zero-order valence-corrected chi connectivity index (χ0v) is 18.7. The number of carbonyl (C=O) groups is 2. The first-order valence-corrected chi connectivity index (χ1v) is 11.2. The lowest BCUT2D eigenvalue weighted by atomic mass is 10.1. The Kier molecular flexibility index (Phi) is 6.62. The summed E-state index contributed by atoms with van der Waals surface area (Å²) in [6.45, 7) is 5.38. The van der Waals surface area contributed by atoms with Crippen LogP contribution < -0.4 is 5.32 Å². The molecule has 1 fully saturated rings. The molecule has 0 aliphatic carbocycles. The van der Waals surface area contributed by atoms with Crippen molar-refractivity contribution in [3.63, 3.8) is 0 Å². The number of halogens is 1. The van der Waals surface area contributed by atoms with Gasteiger partial charge in [0.25, 0.3) is 11.8 Å². The van der Waals surface area contributed by atoms with E-state index in [0.717, 1.165) is 16.9 Å². The Bertz CT molecular complexity index is 1110. The second kappa shape index (κ2) is 9.58. The van der Waals surface area contributed by atoms with Crippen LogP contribution in [-0.4, -0.2) is 47.0 Å². The van der Waals surface area contributed by atoms with Gasteiger partial charge in [-0.25, -0.2) is 9.37 Å². The summed E-state index contributed by atoms with van der Waals surface area (Å²) >= 11 is 1.14. The van der Waals surface area contributed by atoms with Crippen molar-refractivity contribution in [1.82, 2.24) is 15.2 Å². The largest absolute Gasteiger partial charge is 0.372 e. The van der Waals surface area contributed by atoms with Gasteiger partial charge >= 0.3 is 0 Å². The number of hydrogen-bond acceptors (Lipinski definition) is 5. The molecule has 6 nitrogen and oxygen atoms in total. The van der Waals surface area contributed by atoms with Crippen LogP contribution in [0.4, 0.5) is 4.39 Å². The lowest BCUT2D eigenvalue weighted by Crippen LogP contribution is -2.48. The van der Waals surface area contributed by atoms with Crippen molar-refractivity contribution in [2.45, 2.75) is 32.6 Å². The first-order chi connectivity index (χ1) is 15.4. The number of rotatable bonds is 5. The van der Waals surface area contributed by atoms with E-state index in [2.05, 4.69) is 10.3 Å². The summed E-state index contributed by atoms with van der Waals surface area (Å²) in [5.74, 6) is -0.668. The fourth-order valence-electron chi connectivity index (χ4n) is 3.70. The molecule has 0 radical (unpaired) electrons. The molecule has 166 valence electrons. The third-order valence-electron chi connectivity index (χ3n) is 5.19. The normalized spacial score (nSPS) is 18.4. The monoisotopic (exact) mass is 453 g/mol. The van der Waals surface area contributed by atoms with Gasteiger partial charge in [0, 0.05) is 30.8 Å². The van der Waals surface area contributed by atoms with Gasteiger partial charge in [-0.05, 0) is 43.7 Å². The van der Waals surface area contributed by atoms with E-state index in [1.165, 1.54) is 12.3 Å². The summed E-state index contributed by atoms with van der Waals surface area (Å²) in [7, 11) is 0. The molecular weight excluding hydrogens is 429 g/mol. The predicted molar refractivity (Wildman–Crippen MR) is 121 cm³/mol. The molecule has 1 N–H and O–H groups in total. The number of carbonyl (C=O) groups excluding carboxylic acids is 2. The summed E-state index contributed by atoms with van der Waals surface area (Å²) in [5, 5.41) is 3.31. The standard InChI is InChI=1S/C24H24FN3O3S/c1-15-13-28(14-16(2)31-15)24(30)18-9-7-17(8-10-18)11-26-22(29)21-12-27-23(32-21)19-5-3-4-6-20(19)25/h3-10,12,15-16H,11,13-14H2,1-2H3,(H,26,29). The number of aromatic nitrogens is 1. The molecule has 8 heteroatoms. The van der Waals surface area contributed by atoms with Crippen molar-refractivity contribution in [2.24, 2.45) is 0 Å². The molecule has 0 saturated carbocycles. The quantitative estimate of drug-likeness (QED) is 0.631. The smallest absolute Gasteiger partial charge is 0.263 e. The van der Waals surface area contributed by atoms with Gasteiger partial charge < -0.3 is 15.0 Å². The van der Waals surface area contributed by atoms with Gasteiger partial charge in [-0.15, -0.1) is 11.3 Å². The first-order valence-electron chi connectivity index (χ1n) is 10.4. The second-order valence-electron chi connectivity index (χ2n) is 7.86. The fraction of sp³-hybridized carbons (Fsp3) is 0.292. The highest BCUT2D eigenvalue weighted by Gasteiger charge is 2.26. The van der Waals surface area contributed by atoms with E-state index in [9.17, 15) is 14.0 Å². The summed E-state index contributed by atoms with van der Waals surface area (Å²) < 4.78 is 19.6. The van der Waals surface area contributed by atoms with Gasteiger partial charge in [0.2, 0.25) is 0 Å². The third-order valence-corrected chi connectivity index (χ3v) is 6.22.